The van der Waals surface area contributed by atoms with Crippen molar-refractivity contribution in [2.45, 2.75) is 25.7 Å². The number of fused-ring (bicyclic) bond motifs is 1. The number of benzene rings is 1. The molecule has 29 heavy (non-hydrogen) atoms. The standard InChI is InChI=1S/C23H25N5O/c29-23(17-6-1-2-7-17)28-14-12-27(13-15-28)22-19-9-3-4-10-20(19)25-21(26-22)18-8-5-11-24-16-18/h3-5,8-11,16-17H,1-2,6-7,12-15H2. The molecule has 1 aliphatic heterocycles. The molecule has 0 bridgehead atoms. The van der Waals surface area contributed by atoms with Crippen molar-refractivity contribution in [2.24, 2.45) is 5.92 Å². The average Bonchev–Trinajstić information content (AvgIpc) is 3.34. The Morgan fingerprint density at radius 2 is 1.72 bits per heavy atom. The van der Waals surface area contributed by atoms with Gasteiger partial charge in [-0.1, -0.05) is 25.0 Å². The molecule has 1 saturated carbocycles. The van der Waals surface area contributed by atoms with Crippen molar-refractivity contribution in [3.63, 3.8) is 0 Å². The minimum atomic E-state index is 0.249. The zero-order valence-electron chi connectivity index (χ0n) is 16.5. The Balaban J connectivity index is 1.42. The van der Waals surface area contributed by atoms with E-state index in [1.807, 2.05) is 30.3 Å². The third-order valence-electron chi connectivity index (χ3n) is 6.10. The molecule has 2 fully saturated rings. The SMILES string of the molecule is O=C(C1CCCC1)N1CCN(c2nc(-c3cccnc3)nc3ccccc23)CC1. The summed E-state index contributed by atoms with van der Waals surface area (Å²) in [4.78, 5) is 31.0. The molecule has 3 aromatic rings. The number of rotatable bonds is 3. The number of pyridine rings is 1. The van der Waals surface area contributed by atoms with Crippen LogP contribution in [0.2, 0.25) is 0 Å². The molecular formula is C23H25N5O. The molecule has 1 aliphatic carbocycles. The molecule has 2 aliphatic rings. The van der Waals surface area contributed by atoms with Crippen molar-refractivity contribution in [1.29, 1.82) is 0 Å². The van der Waals surface area contributed by atoms with Crippen LogP contribution in [-0.4, -0.2) is 51.9 Å². The van der Waals surface area contributed by atoms with Crippen LogP contribution in [0, 0.1) is 5.92 Å². The lowest BCUT2D eigenvalue weighted by atomic mass is 10.1. The molecule has 148 valence electrons. The van der Waals surface area contributed by atoms with Crippen molar-refractivity contribution >= 4 is 22.6 Å². The Morgan fingerprint density at radius 1 is 0.931 bits per heavy atom. The van der Waals surface area contributed by atoms with E-state index in [2.05, 4.69) is 20.9 Å². The first-order valence-corrected chi connectivity index (χ1v) is 10.5. The van der Waals surface area contributed by atoms with Crippen LogP contribution >= 0.6 is 0 Å². The summed E-state index contributed by atoms with van der Waals surface area (Å²) in [6.45, 7) is 3.11. The van der Waals surface area contributed by atoms with E-state index in [9.17, 15) is 4.79 Å². The fourth-order valence-corrected chi connectivity index (χ4v) is 4.49. The maximum Gasteiger partial charge on any atom is 0.225 e. The van der Waals surface area contributed by atoms with Gasteiger partial charge in [-0.2, -0.15) is 0 Å². The first-order valence-electron chi connectivity index (χ1n) is 10.5. The van der Waals surface area contributed by atoms with Gasteiger partial charge in [-0.15, -0.1) is 0 Å². The van der Waals surface area contributed by atoms with Crippen molar-refractivity contribution in [1.82, 2.24) is 19.9 Å². The topological polar surface area (TPSA) is 62.2 Å². The average molecular weight is 387 g/mol. The highest BCUT2D eigenvalue weighted by molar-refractivity contribution is 5.91. The largest absolute Gasteiger partial charge is 0.352 e. The fourth-order valence-electron chi connectivity index (χ4n) is 4.49. The predicted octanol–water partition coefficient (Wildman–Crippen LogP) is 3.53. The summed E-state index contributed by atoms with van der Waals surface area (Å²) >= 11 is 0. The molecule has 6 nitrogen and oxygen atoms in total. The van der Waals surface area contributed by atoms with Crippen LogP contribution in [0.15, 0.2) is 48.8 Å². The molecule has 0 unspecified atom stereocenters. The van der Waals surface area contributed by atoms with Gasteiger partial charge in [0.1, 0.15) is 5.82 Å². The summed E-state index contributed by atoms with van der Waals surface area (Å²) in [5.41, 5.74) is 1.84. The monoisotopic (exact) mass is 387 g/mol. The fraction of sp³-hybridized carbons (Fsp3) is 0.391. The summed E-state index contributed by atoms with van der Waals surface area (Å²) in [6, 6.07) is 12.0. The van der Waals surface area contributed by atoms with E-state index in [-0.39, 0.29) is 5.92 Å². The van der Waals surface area contributed by atoms with E-state index in [1.165, 1.54) is 12.8 Å². The maximum absolute atomic E-state index is 12.8. The predicted molar refractivity (Wildman–Crippen MR) is 114 cm³/mol. The number of hydrogen-bond donors (Lipinski definition) is 0. The molecule has 1 aromatic carbocycles. The maximum atomic E-state index is 12.8. The highest BCUT2D eigenvalue weighted by Gasteiger charge is 2.30. The summed E-state index contributed by atoms with van der Waals surface area (Å²) in [6.07, 6.45) is 8.06. The smallest absolute Gasteiger partial charge is 0.225 e. The molecule has 6 heteroatoms. The van der Waals surface area contributed by atoms with Gasteiger partial charge in [-0.05, 0) is 37.1 Å². The number of anilines is 1. The zero-order chi connectivity index (χ0) is 19.6. The lowest BCUT2D eigenvalue weighted by Gasteiger charge is -2.37. The van der Waals surface area contributed by atoms with Crippen LogP contribution in [0.4, 0.5) is 5.82 Å². The molecule has 0 radical (unpaired) electrons. The van der Waals surface area contributed by atoms with Crippen LogP contribution in [0.1, 0.15) is 25.7 Å². The molecular weight excluding hydrogens is 362 g/mol. The van der Waals surface area contributed by atoms with Gasteiger partial charge in [0.2, 0.25) is 5.91 Å². The van der Waals surface area contributed by atoms with Gasteiger partial charge in [0.15, 0.2) is 5.82 Å². The van der Waals surface area contributed by atoms with E-state index >= 15 is 0 Å². The first kappa shape index (κ1) is 18.0. The molecule has 1 saturated heterocycles. The van der Waals surface area contributed by atoms with Crippen molar-refractivity contribution < 1.29 is 4.79 Å². The van der Waals surface area contributed by atoms with Gasteiger partial charge in [0.25, 0.3) is 0 Å². The minimum Gasteiger partial charge on any atom is -0.352 e. The van der Waals surface area contributed by atoms with Crippen LogP contribution in [0.25, 0.3) is 22.3 Å². The highest BCUT2D eigenvalue weighted by atomic mass is 16.2. The van der Waals surface area contributed by atoms with Crippen LogP contribution in [0.3, 0.4) is 0 Å². The van der Waals surface area contributed by atoms with E-state index in [0.29, 0.717) is 11.7 Å². The molecule has 1 amide bonds. The van der Waals surface area contributed by atoms with Gasteiger partial charge in [0, 0.05) is 55.4 Å². The lowest BCUT2D eigenvalue weighted by Crippen LogP contribution is -2.50. The molecule has 0 atom stereocenters. The second-order valence-corrected chi connectivity index (χ2v) is 7.92. The summed E-state index contributed by atoms with van der Waals surface area (Å²) < 4.78 is 0. The van der Waals surface area contributed by atoms with Gasteiger partial charge in [-0.3, -0.25) is 9.78 Å². The number of piperazine rings is 1. The number of aromatic nitrogens is 3. The number of carbonyl (C=O) groups excluding carboxylic acids is 1. The second-order valence-electron chi connectivity index (χ2n) is 7.92. The van der Waals surface area contributed by atoms with Crippen molar-refractivity contribution in [3.8, 4) is 11.4 Å². The summed E-state index contributed by atoms with van der Waals surface area (Å²) in [7, 11) is 0. The minimum absolute atomic E-state index is 0.249. The van der Waals surface area contributed by atoms with Crippen molar-refractivity contribution in [2.75, 3.05) is 31.1 Å². The third-order valence-corrected chi connectivity index (χ3v) is 6.10. The summed E-state index contributed by atoms with van der Waals surface area (Å²) in [5, 5.41) is 1.05. The van der Waals surface area contributed by atoms with E-state index in [0.717, 1.165) is 61.3 Å². The van der Waals surface area contributed by atoms with Gasteiger partial charge in [-0.25, -0.2) is 9.97 Å². The van der Waals surface area contributed by atoms with Gasteiger partial charge < -0.3 is 9.80 Å². The van der Waals surface area contributed by atoms with Crippen LogP contribution < -0.4 is 4.90 Å². The Morgan fingerprint density at radius 3 is 2.48 bits per heavy atom. The van der Waals surface area contributed by atoms with Crippen LogP contribution in [0.5, 0.6) is 0 Å². The number of hydrogen-bond acceptors (Lipinski definition) is 5. The normalized spacial score (nSPS) is 17.8. The van der Waals surface area contributed by atoms with E-state index < -0.39 is 0 Å². The van der Waals surface area contributed by atoms with Gasteiger partial charge in [0.05, 0.1) is 5.52 Å². The number of nitrogens with zero attached hydrogens (tertiary/aromatic N) is 5. The third kappa shape index (κ3) is 3.55. The Hall–Kier alpha value is -3.02. The Kier molecular flexibility index (Phi) is 4.84. The number of para-hydroxylation sites is 1. The molecule has 3 heterocycles. The van der Waals surface area contributed by atoms with Crippen molar-refractivity contribution in [3.05, 3.63) is 48.8 Å². The molecule has 2 aromatic heterocycles. The lowest BCUT2D eigenvalue weighted by molar-refractivity contribution is -0.135. The highest BCUT2D eigenvalue weighted by Crippen LogP contribution is 2.30. The second kappa shape index (κ2) is 7.78. The first-order chi connectivity index (χ1) is 14.3. The molecule has 0 N–H and O–H groups in total. The Labute approximate surface area is 170 Å². The molecule has 0 spiro atoms. The van der Waals surface area contributed by atoms with Crippen LogP contribution in [-0.2, 0) is 4.79 Å². The van der Waals surface area contributed by atoms with Gasteiger partial charge >= 0.3 is 0 Å². The van der Waals surface area contributed by atoms with E-state index in [1.54, 1.807) is 12.4 Å². The zero-order valence-corrected chi connectivity index (χ0v) is 16.5. The molecule has 5 rings (SSSR count). The number of amides is 1. The Bertz CT molecular complexity index is 1010. The summed E-state index contributed by atoms with van der Waals surface area (Å²) in [5.74, 6) is 2.24. The van der Waals surface area contributed by atoms with E-state index in [4.69, 9.17) is 9.97 Å². The quantitative estimate of drug-likeness (QED) is 0.688. The number of carbonyl (C=O) groups is 1.